The van der Waals surface area contributed by atoms with Crippen molar-refractivity contribution in [1.29, 1.82) is 0 Å². The number of hydrogen-bond donors (Lipinski definition) is 1. The van der Waals surface area contributed by atoms with Crippen molar-refractivity contribution in [2.45, 2.75) is 38.6 Å². The van der Waals surface area contributed by atoms with Crippen LogP contribution in [-0.2, 0) is 10.0 Å². The SMILES string of the molecule is CCNC(CN1CCN(S(C)(=O)=O)CC1)C1CCCC1. The summed E-state index contributed by atoms with van der Waals surface area (Å²) in [7, 11) is -3.01. The third-order valence-electron chi connectivity index (χ3n) is 4.69. The predicted molar refractivity (Wildman–Crippen MR) is 82.3 cm³/mol. The molecule has 0 amide bonds. The molecule has 1 atom stereocenters. The molecule has 5 nitrogen and oxygen atoms in total. The van der Waals surface area contributed by atoms with Gasteiger partial charge in [0.25, 0.3) is 0 Å². The van der Waals surface area contributed by atoms with E-state index in [4.69, 9.17) is 0 Å². The average Bonchev–Trinajstić information content (AvgIpc) is 2.91. The highest BCUT2D eigenvalue weighted by atomic mass is 32.2. The van der Waals surface area contributed by atoms with Crippen LogP contribution in [0.2, 0.25) is 0 Å². The fraction of sp³-hybridized carbons (Fsp3) is 1.00. The maximum Gasteiger partial charge on any atom is 0.211 e. The van der Waals surface area contributed by atoms with E-state index in [2.05, 4.69) is 17.1 Å². The van der Waals surface area contributed by atoms with E-state index in [0.29, 0.717) is 19.1 Å². The summed E-state index contributed by atoms with van der Waals surface area (Å²) < 4.78 is 24.6. The van der Waals surface area contributed by atoms with E-state index >= 15 is 0 Å². The van der Waals surface area contributed by atoms with Crippen LogP contribution >= 0.6 is 0 Å². The van der Waals surface area contributed by atoms with E-state index < -0.39 is 10.0 Å². The zero-order valence-electron chi connectivity index (χ0n) is 12.8. The second kappa shape index (κ2) is 7.20. The normalized spacial score (nSPS) is 25.1. The summed E-state index contributed by atoms with van der Waals surface area (Å²) in [5.74, 6) is 0.808. The van der Waals surface area contributed by atoms with Gasteiger partial charge in [-0.2, -0.15) is 4.31 Å². The Morgan fingerprint density at radius 1 is 1.15 bits per heavy atom. The lowest BCUT2D eigenvalue weighted by molar-refractivity contribution is 0.156. The van der Waals surface area contributed by atoms with Crippen LogP contribution in [0.25, 0.3) is 0 Å². The quantitative estimate of drug-likeness (QED) is 0.786. The summed E-state index contributed by atoms with van der Waals surface area (Å²) >= 11 is 0. The zero-order valence-corrected chi connectivity index (χ0v) is 13.7. The summed E-state index contributed by atoms with van der Waals surface area (Å²) in [6, 6.07) is 0.576. The lowest BCUT2D eigenvalue weighted by atomic mass is 9.97. The van der Waals surface area contributed by atoms with Crippen molar-refractivity contribution in [2.75, 3.05) is 45.5 Å². The fourth-order valence-corrected chi connectivity index (χ4v) is 4.35. The topological polar surface area (TPSA) is 52.6 Å². The molecule has 0 bridgehead atoms. The molecule has 1 unspecified atom stereocenters. The highest BCUT2D eigenvalue weighted by Crippen LogP contribution is 2.28. The van der Waals surface area contributed by atoms with Crippen LogP contribution < -0.4 is 5.32 Å². The first-order chi connectivity index (χ1) is 9.50. The second-order valence-corrected chi connectivity index (χ2v) is 8.15. The number of likely N-dealkylation sites (N-methyl/N-ethyl adjacent to an activating group) is 1. The van der Waals surface area contributed by atoms with Crippen LogP contribution in [0.15, 0.2) is 0 Å². The monoisotopic (exact) mass is 303 g/mol. The molecule has 0 aromatic rings. The molecule has 2 fully saturated rings. The van der Waals surface area contributed by atoms with Crippen molar-refractivity contribution in [1.82, 2.24) is 14.5 Å². The van der Waals surface area contributed by atoms with E-state index in [9.17, 15) is 8.42 Å². The molecule has 0 spiro atoms. The van der Waals surface area contributed by atoms with Gasteiger partial charge in [-0.15, -0.1) is 0 Å². The summed E-state index contributed by atoms with van der Waals surface area (Å²) in [6.45, 7) is 7.26. The zero-order chi connectivity index (χ0) is 14.6. The first-order valence-electron chi connectivity index (χ1n) is 7.91. The Kier molecular flexibility index (Phi) is 5.84. The van der Waals surface area contributed by atoms with Gasteiger partial charge in [-0.25, -0.2) is 8.42 Å². The average molecular weight is 303 g/mol. The van der Waals surface area contributed by atoms with E-state index in [1.807, 2.05) is 0 Å². The maximum absolute atomic E-state index is 11.5. The fourth-order valence-electron chi connectivity index (χ4n) is 3.52. The van der Waals surface area contributed by atoms with Gasteiger partial charge in [-0.1, -0.05) is 19.8 Å². The Morgan fingerprint density at radius 3 is 2.25 bits per heavy atom. The Labute approximate surface area is 123 Å². The molecule has 2 rings (SSSR count). The first-order valence-corrected chi connectivity index (χ1v) is 9.76. The molecule has 1 aliphatic carbocycles. The predicted octanol–water partition coefficient (Wildman–Crippen LogP) is 0.732. The van der Waals surface area contributed by atoms with Crippen LogP contribution in [0.1, 0.15) is 32.6 Å². The van der Waals surface area contributed by atoms with E-state index in [1.54, 1.807) is 4.31 Å². The standard InChI is InChI=1S/C14H29N3O2S/c1-3-15-14(13-6-4-5-7-13)12-16-8-10-17(11-9-16)20(2,18)19/h13-15H,3-12H2,1-2H3. The van der Waals surface area contributed by atoms with Gasteiger partial charge < -0.3 is 5.32 Å². The number of piperazine rings is 1. The molecule has 118 valence electrons. The molecule has 1 N–H and O–H groups in total. The molecular weight excluding hydrogens is 274 g/mol. The minimum atomic E-state index is -3.01. The van der Waals surface area contributed by atoms with Gasteiger partial charge in [0.05, 0.1) is 6.26 Å². The van der Waals surface area contributed by atoms with Crippen LogP contribution in [0.3, 0.4) is 0 Å². The van der Waals surface area contributed by atoms with Crippen LogP contribution in [-0.4, -0.2) is 69.2 Å². The van der Waals surface area contributed by atoms with Crippen LogP contribution in [0.4, 0.5) is 0 Å². The smallest absolute Gasteiger partial charge is 0.211 e. The number of sulfonamides is 1. The Hall–Kier alpha value is -0.170. The van der Waals surface area contributed by atoms with Gasteiger partial charge in [0, 0.05) is 38.8 Å². The molecule has 6 heteroatoms. The second-order valence-electron chi connectivity index (χ2n) is 6.17. The van der Waals surface area contributed by atoms with E-state index in [-0.39, 0.29) is 0 Å². The number of rotatable bonds is 6. The van der Waals surface area contributed by atoms with E-state index in [1.165, 1.54) is 31.9 Å². The lowest BCUT2D eigenvalue weighted by Crippen LogP contribution is -2.53. The molecule has 20 heavy (non-hydrogen) atoms. The highest BCUT2D eigenvalue weighted by Gasteiger charge is 2.29. The van der Waals surface area contributed by atoms with Gasteiger partial charge in [0.15, 0.2) is 0 Å². The summed E-state index contributed by atoms with van der Waals surface area (Å²) in [5.41, 5.74) is 0. The van der Waals surface area contributed by atoms with Gasteiger partial charge in [-0.05, 0) is 25.3 Å². The minimum Gasteiger partial charge on any atom is -0.313 e. The molecular formula is C14H29N3O2S. The number of hydrogen-bond acceptors (Lipinski definition) is 4. The van der Waals surface area contributed by atoms with Gasteiger partial charge >= 0.3 is 0 Å². The minimum absolute atomic E-state index is 0.576. The molecule has 1 aliphatic heterocycles. The van der Waals surface area contributed by atoms with Crippen molar-refractivity contribution in [3.63, 3.8) is 0 Å². The molecule has 1 heterocycles. The molecule has 2 aliphatic rings. The Bertz CT molecular complexity index is 385. The summed E-state index contributed by atoms with van der Waals surface area (Å²) in [6.07, 6.45) is 6.74. The van der Waals surface area contributed by atoms with Crippen molar-refractivity contribution in [3.8, 4) is 0 Å². The summed E-state index contributed by atoms with van der Waals surface area (Å²) in [5, 5.41) is 3.64. The van der Waals surface area contributed by atoms with Crippen molar-refractivity contribution in [2.24, 2.45) is 5.92 Å². The molecule has 0 aromatic carbocycles. The molecule has 0 radical (unpaired) electrons. The van der Waals surface area contributed by atoms with Crippen molar-refractivity contribution >= 4 is 10.0 Å². The molecule has 0 aromatic heterocycles. The van der Waals surface area contributed by atoms with Crippen molar-refractivity contribution < 1.29 is 8.42 Å². The van der Waals surface area contributed by atoms with Gasteiger partial charge in [0.1, 0.15) is 0 Å². The lowest BCUT2D eigenvalue weighted by Gasteiger charge is -2.37. The maximum atomic E-state index is 11.5. The third kappa shape index (κ3) is 4.41. The largest absolute Gasteiger partial charge is 0.313 e. The summed E-state index contributed by atoms with van der Waals surface area (Å²) in [4.78, 5) is 2.42. The van der Waals surface area contributed by atoms with Crippen LogP contribution in [0.5, 0.6) is 0 Å². The number of nitrogens with one attached hydrogen (secondary N) is 1. The van der Waals surface area contributed by atoms with Gasteiger partial charge in [0.2, 0.25) is 10.0 Å². The van der Waals surface area contributed by atoms with Crippen molar-refractivity contribution in [3.05, 3.63) is 0 Å². The van der Waals surface area contributed by atoms with E-state index in [0.717, 1.165) is 32.1 Å². The van der Waals surface area contributed by atoms with Crippen LogP contribution in [0, 0.1) is 5.92 Å². The van der Waals surface area contributed by atoms with Gasteiger partial charge in [-0.3, -0.25) is 4.90 Å². The number of nitrogens with zero attached hydrogens (tertiary/aromatic N) is 2. The Morgan fingerprint density at radius 2 is 1.75 bits per heavy atom. The first kappa shape index (κ1) is 16.2. The molecule has 1 saturated carbocycles. The Balaban J connectivity index is 1.83. The highest BCUT2D eigenvalue weighted by molar-refractivity contribution is 7.88. The molecule has 1 saturated heterocycles. The third-order valence-corrected chi connectivity index (χ3v) is 5.99.